The predicted molar refractivity (Wildman–Crippen MR) is 138 cm³/mol. The Labute approximate surface area is 217 Å². The predicted octanol–water partition coefficient (Wildman–Crippen LogP) is 4.03. The molecule has 0 radical (unpaired) electrons. The fourth-order valence-electron chi connectivity index (χ4n) is 5.19. The van der Waals surface area contributed by atoms with Crippen LogP contribution in [0.25, 0.3) is 0 Å². The van der Waals surface area contributed by atoms with Gasteiger partial charge in [-0.1, -0.05) is 43.5 Å². The second-order valence-corrected chi connectivity index (χ2v) is 10.4. The van der Waals surface area contributed by atoms with Gasteiger partial charge >= 0.3 is 0 Å². The summed E-state index contributed by atoms with van der Waals surface area (Å²) < 4.78 is 6.14. The zero-order valence-electron chi connectivity index (χ0n) is 21.4. The summed E-state index contributed by atoms with van der Waals surface area (Å²) in [6, 6.07) is 6.88. The molecule has 1 saturated carbocycles. The SMILES string of the molecule is CCC1=NC2C(C(=O)N1Cc1cccc(Cl)c1)C(OC(C)C)=C(C(=O)NC1CCCCCC1=O)N2C. The molecule has 2 amide bonds. The van der Waals surface area contributed by atoms with Gasteiger partial charge in [0, 0.05) is 24.9 Å². The first-order valence-electron chi connectivity index (χ1n) is 12.8. The van der Waals surface area contributed by atoms with Crippen LogP contribution in [0.4, 0.5) is 0 Å². The van der Waals surface area contributed by atoms with Crippen molar-refractivity contribution in [3.05, 3.63) is 46.3 Å². The van der Waals surface area contributed by atoms with Gasteiger partial charge in [0.15, 0.2) is 5.78 Å². The van der Waals surface area contributed by atoms with Crippen molar-refractivity contribution in [2.45, 2.75) is 84.2 Å². The lowest BCUT2D eigenvalue weighted by Crippen LogP contribution is -2.50. The number of Topliss-reactive ketones (excluding diaryl/α,β-unsaturated/α-hetero) is 1. The highest BCUT2D eigenvalue weighted by atomic mass is 35.5. The van der Waals surface area contributed by atoms with Crippen LogP contribution in [-0.4, -0.2) is 58.6 Å². The Kier molecular flexibility index (Phi) is 8.03. The molecule has 0 aromatic heterocycles. The Morgan fingerprint density at radius 2 is 2.03 bits per heavy atom. The third kappa shape index (κ3) is 5.28. The van der Waals surface area contributed by atoms with Crippen LogP contribution in [0.2, 0.25) is 5.02 Å². The summed E-state index contributed by atoms with van der Waals surface area (Å²) in [7, 11) is 1.76. The number of nitrogens with one attached hydrogen (secondary N) is 1. The number of halogens is 1. The minimum Gasteiger partial charge on any atom is -0.492 e. The van der Waals surface area contributed by atoms with Crippen molar-refractivity contribution >= 4 is 35.0 Å². The zero-order chi connectivity index (χ0) is 26.0. The number of hydrogen-bond acceptors (Lipinski definition) is 6. The number of amidine groups is 1. The van der Waals surface area contributed by atoms with Gasteiger partial charge in [0.25, 0.3) is 5.91 Å². The fraction of sp³-hybridized carbons (Fsp3) is 0.556. The van der Waals surface area contributed by atoms with Crippen molar-refractivity contribution in [2.75, 3.05) is 7.05 Å². The van der Waals surface area contributed by atoms with Gasteiger partial charge in [-0.05, 0) is 44.4 Å². The number of carbonyl (C=O) groups excluding carboxylic acids is 3. The number of hydrogen-bond donors (Lipinski definition) is 1. The van der Waals surface area contributed by atoms with Crippen LogP contribution < -0.4 is 5.32 Å². The molecule has 0 bridgehead atoms. The lowest BCUT2D eigenvalue weighted by Gasteiger charge is -2.36. The van der Waals surface area contributed by atoms with E-state index in [1.165, 1.54) is 0 Å². The third-order valence-electron chi connectivity index (χ3n) is 6.92. The summed E-state index contributed by atoms with van der Waals surface area (Å²) in [5, 5.41) is 3.53. The van der Waals surface area contributed by atoms with Crippen LogP contribution >= 0.6 is 11.6 Å². The molecule has 9 heteroatoms. The Bertz CT molecular complexity index is 1100. The maximum atomic E-state index is 13.9. The normalized spacial score (nSPS) is 24.6. The molecule has 194 valence electrons. The first kappa shape index (κ1) is 26.2. The summed E-state index contributed by atoms with van der Waals surface area (Å²) in [5.41, 5.74) is 1.16. The lowest BCUT2D eigenvalue weighted by molar-refractivity contribution is -0.134. The third-order valence-corrected chi connectivity index (χ3v) is 7.16. The standard InChI is InChI=1S/C27H35ClN4O4/c1-5-21-30-25-22(27(35)32(21)15-17-10-9-11-18(28)14-17)24(36-16(2)3)23(31(25)4)26(34)29-19-12-7-6-8-13-20(19)33/h9-11,14,16,19,22,25H,5-8,12-13,15H2,1-4H3,(H,29,34). The number of carbonyl (C=O) groups is 3. The molecule has 2 heterocycles. The minimum absolute atomic E-state index is 0.0564. The highest BCUT2D eigenvalue weighted by Gasteiger charge is 2.52. The minimum atomic E-state index is -0.752. The van der Waals surface area contributed by atoms with E-state index in [9.17, 15) is 14.4 Å². The van der Waals surface area contributed by atoms with Crippen molar-refractivity contribution in [1.82, 2.24) is 15.1 Å². The lowest BCUT2D eigenvalue weighted by atomic mass is 10.00. The number of benzene rings is 1. The van der Waals surface area contributed by atoms with Crippen LogP contribution in [0.15, 0.2) is 40.7 Å². The Morgan fingerprint density at radius 3 is 2.72 bits per heavy atom. The van der Waals surface area contributed by atoms with Crippen molar-refractivity contribution in [3.8, 4) is 0 Å². The molecular weight excluding hydrogens is 480 g/mol. The van der Waals surface area contributed by atoms with Gasteiger partial charge < -0.3 is 15.0 Å². The molecule has 0 saturated heterocycles. The molecule has 1 aromatic rings. The van der Waals surface area contributed by atoms with Gasteiger partial charge in [-0.25, -0.2) is 4.99 Å². The topological polar surface area (TPSA) is 91.3 Å². The van der Waals surface area contributed by atoms with Gasteiger partial charge in [-0.2, -0.15) is 0 Å². The van der Waals surface area contributed by atoms with Gasteiger partial charge in [0.2, 0.25) is 5.91 Å². The van der Waals surface area contributed by atoms with Gasteiger partial charge in [0.05, 0.1) is 18.7 Å². The first-order valence-corrected chi connectivity index (χ1v) is 13.2. The van der Waals surface area contributed by atoms with Crippen LogP contribution in [0.5, 0.6) is 0 Å². The summed E-state index contributed by atoms with van der Waals surface area (Å²) >= 11 is 6.18. The zero-order valence-corrected chi connectivity index (χ0v) is 22.2. The summed E-state index contributed by atoms with van der Waals surface area (Å²) in [4.78, 5) is 48.4. The number of amides is 2. The molecule has 3 aliphatic rings. The number of fused-ring (bicyclic) bond motifs is 1. The maximum absolute atomic E-state index is 13.9. The van der Waals surface area contributed by atoms with Gasteiger partial charge in [-0.3, -0.25) is 19.3 Å². The molecule has 2 aliphatic heterocycles. The highest BCUT2D eigenvalue weighted by molar-refractivity contribution is 6.30. The summed E-state index contributed by atoms with van der Waals surface area (Å²) in [6.45, 7) is 6.01. The number of aliphatic imine (C=N–C) groups is 1. The van der Waals surface area contributed by atoms with E-state index in [1.54, 1.807) is 22.9 Å². The molecule has 1 fully saturated rings. The molecule has 3 unspecified atom stereocenters. The number of ether oxygens (including phenoxy) is 1. The Morgan fingerprint density at radius 1 is 1.25 bits per heavy atom. The average Bonchev–Trinajstić information content (AvgIpc) is 2.94. The number of nitrogens with zero attached hydrogens (tertiary/aromatic N) is 3. The van der Waals surface area contributed by atoms with Crippen molar-refractivity contribution < 1.29 is 19.1 Å². The molecule has 0 spiro atoms. The van der Waals surface area contributed by atoms with E-state index in [0.29, 0.717) is 42.4 Å². The molecule has 8 nitrogen and oxygen atoms in total. The first-order chi connectivity index (χ1) is 17.2. The number of ketones is 1. The molecule has 4 rings (SSSR count). The van der Waals surface area contributed by atoms with Gasteiger partial charge in [-0.15, -0.1) is 0 Å². The second kappa shape index (κ2) is 11.0. The van der Waals surface area contributed by atoms with Crippen molar-refractivity contribution in [1.29, 1.82) is 0 Å². The Hall–Kier alpha value is -2.87. The second-order valence-electron chi connectivity index (χ2n) is 9.93. The molecule has 1 aliphatic carbocycles. The quantitative estimate of drug-likeness (QED) is 0.555. The smallest absolute Gasteiger partial charge is 0.271 e. The van der Waals surface area contributed by atoms with E-state index in [0.717, 1.165) is 24.8 Å². The van der Waals surface area contributed by atoms with Crippen LogP contribution in [0, 0.1) is 5.92 Å². The molecule has 1 N–H and O–H groups in total. The number of likely N-dealkylation sites (N-methyl/N-ethyl adjacent to an activating group) is 1. The molecular formula is C27H35ClN4O4. The van der Waals surface area contributed by atoms with Crippen LogP contribution in [0.1, 0.15) is 64.9 Å². The largest absolute Gasteiger partial charge is 0.492 e. The van der Waals surface area contributed by atoms with Crippen LogP contribution in [0.3, 0.4) is 0 Å². The van der Waals surface area contributed by atoms with E-state index in [-0.39, 0.29) is 23.5 Å². The number of rotatable bonds is 7. The summed E-state index contributed by atoms with van der Waals surface area (Å²) in [6.07, 6.45) is 3.56. The highest BCUT2D eigenvalue weighted by Crippen LogP contribution is 2.40. The van der Waals surface area contributed by atoms with Crippen LogP contribution in [-0.2, 0) is 25.7 Å². The fourth-order valence-corrected chi connectivity index (χ4v) is 5.41. The van der Waals surface area contributed by atoms with Crippen molar-refractivity contribution in [3.63, 3.8) is 0 Å². The van der Waals surface area contributed by atoms with Gasteiger partial charge in [0.1, 0.15) is 29.4 Å². The summed E-state index contributed by atoms with van der Waals surface area (Å²) in [5.74, 6) is -0.292. The van der Waals surface area contributed by atoms with E-state index < -0.39 is 24.0 Å². The molecule has 36 heavy (non-hydrogen) atoms. The average molecular weight is 515 g/mol. The Balaban J connectivity index is 1.68. The van der Waals surface area contributed by atoms with E-state index in [1.807, 2.05) is 39.0 Å². The van der Waals surface area contributed by atoms with E-state index >= 15 is 0 Å². The van der Waals surface area contributed by atoms with E-state index in [4.69, 9.17) is 21.3 Å². The molecule has 3 atom stereocenters. The van der Waals surface area contributed by atoms with E-state index in [2.05, 4.69) is 5.32 Å². The van der Waals surface area contributed by atoms with Crippen molar-refractivity contribution in [2.24, 2.45) is 10.9 Å². The molecule has 1 aromatic carbocycles. The maximum Gasteiger partial charge on any atom is 0.271 e. The monoisotopic (exact) mass is 514 g/mol.